The number of H-pyrrole nitrogens is 1. The Morgan fingerprint density at radius 3 is 3.04 bits per heavy atom. The zero-order valence-corrected chi connectivity index (χ0v) is 16.1. The van der Waals surface area contributed by atoms with Crippen LogP contribution in [0.5, 0.6) is 0 Å². The van der Waals surface area contributed by atoms with Gasteiger partial charge in [0.05, 0.1) is 31.1 Å². The van der Waals surface area contributed by atoms with E-state index in [1.165, 1.54) is 34.8 Å². The molecule has 1 aromatic heterocycles. The first-order valence-corrected chi connectivity index (χ1v) is 9.85. The van der Waals surface area contributed by atoms with Crippen LogP contribution in [-0.4, -0.2) is 42.2 Å². The molecule has 1 saturated heterocycles. The number of esters is 1. The second-order valence-electron chi connectivity index (χ2n) is 8.24. The molecule has 0 aliphatic carbocycles. The van der Waals surface area contributed by atoms with Gasteiger partial charge in [-0.15, -0.1) is 0 Å². The monoisotopic (exact) mass is 366 g/mol. The highest BCUT2D eigenvalue weighted by atomic mass is 16.5. The van der Waals surface area contributed by atoms with E-state index < -0.39 is 0 Å². The predicted octanol–water partition coefficient (Wildman–Crippen LogP) is 3.49. The molecule has 3 aliphatic heterocycles. The van der Waals surface area contributed by atoms with Crippen LogP contribution in [0, 0.1) is 18.8 Å². The molecule has 0 bridgehead atoms. The Bertz CT molecular complexity index is 944. The van der Waals surface area contributed by atoms with Crippen LogP contribution in [-0.2, 0) is 20.7 Å². The molecular weight excluding hydrogens is 340 g/mol. The lowest BCUT2D eigenvalue weighted by atomic mass is 9.72. The fourth-order valence-electron chi connectivity index (χ4n) is 5.36. The summed E-state index contributed by atoms with van der Waals surface area (Å²) in [6.45, 7) is 6.27. The van der Waals surface area contributed by atoms with E-state index in [1.807, 2.05) is 0 Å². The summed E-state index contributed by atoms with van der Waals surface area (Å²) in [7, 11) is 1.45. The van der Waals surface area contributed by atoms with Gasteiger partial charge in [0.1, 0.15) is 0 Å². The zero-order chi connectivity index (χ0) is 18.7. The van der Waals surface area contributed by atoms with Crippen molar-refractivity contribution in [2.75, 3.05) is 20.2 Å². The Morgan fingerprint density at radius 2 is 2.22 bits per heavy atom. The number of fused-ring (bicyclic) bond motifs is 6. The van der Waals surface area contributed by atoms with Crippen molar-refractivity contribution in [1.82, 2.24) is 9.88 Å². The Balaban J connectivity index is 1.55. The first-order chi connectivity index (χ1) is 13.1. The minimum absolute atomic E-state index is 0.121. The summed E-state index contributed by atoms with van der Waals surface area (Å²) in [6, 6.07) is 7.00. The number of aromatic nitrogens is 1. The number of rotatable bonds is 1. The molecule has 4 heterocycles. The highest BCUT2D eigenvalue weighted by molar-refractivity contribution is 5.89. The summed E-state index contributed by atoms with van der Waals surface area (Å²) in [5, 5.41) is 1.35. The first kappa shape index (κ1) is 16.9. The third-order valence-corrected chi connectivity index (χ3v) is 6.79. The van der Waals surface area contributed by atoms with E-state index in [2.05, 4.69) is 41.9 Å². The number of piperidine rings is 1. The topological polar surface area (TPSA) is 54.6 Å². The van der Waals surface area contributed by atoms with Crippen LogP contribution < -0.4 is 0 Å². The Kier molecular flexibility index (Phi) is 3.83. The number of ether oxygens (including phenoxy) is 2. The molecule has 0 radical (unpaired) electrons. The van der Waals surface area contributed by atoms with Gasteiger partial charge in [-0.1, -0.05) is 12.1 Å². The van der Waals surface area contributed by atoms with Gasteiger partial charge in [-0.3, -0.25) is 4.90 Å². The maximum absolute atomic E-state index is 12.3. The van der Waals surface area contributed by atoms with Crippen molar-refractivity contribution in [3.63, 3.8) is 0 Å². The van der Waals surface area contributed by atoms with Gasteiger partial charge in [0, 0.05) is 41.5 Å². The molecule has 0 amide bonds. The van der Waals surface area contributed by atoms with Gasteiger partial charge in [0.25, 0.3) is 0 Å². The second-order valence-corrected chi connectivity index (χ2v) is 8.24. The number of methoxy groups -OCH3 is 1. The molecule has 5 nitrogen and oxygen atoms in total. The summed E-state index contributed by atoms with van der Waals surface area (Å²) in [5.41, 5.74) is 5.99. The summed E-state index contributed by atoms with van der Waals surface area (Å²) >= 11 is 0. The maximum atomic E-state index is 12.3. The standard InChI is InChI=1S/C22H26N2O3/c1-12-4-5-14-15-6-7-24-10-17-13(2)27-11-18(22(25)26-3)16(17)9-20(24)21(15)23-19(14)8-12/h4-5,8,11,13,16-17,20,23H,6-7,9-10H2,1-3H3/t13-,16?,17?,20+/m0/s1. The van der Waals surface area contributed by atoms with Gasteiger partial charge >= 0.3 is 5.97 Å². The van der Waals surface area contributed by atoms with Crippen molar-refractivity contribution >= 4 is 16.9 Å². The number of aromatic amines is 1. The Labute approximate surface area is 159 Å². The number of benzene rings is 1. The first-order valence-electron chi connectivity index (χ1n) is 9.85. The van der Waals surface area contributed by atoms with Gasteiger partial charge < -0.3 is 14.5 Å². The van der Waals surface area contributed by atoms with E-state index in [9.17, 15) is 4.79 Å². The molecule has 1 fully saturated rings. The molecule has 2 aromatic rings. The van der Waals surface area contributed by atoms with Crippen LogP contribution >= 0.6 is 0 Å². The quantitative estimate of drug-likeness (QED) is 0.785. The molecule has 0 spiro atoms. The van der Waals surface area contributed by atoms with Crippen LogP contribution in [0.25, 0.3) is 10.9 Å². The third-order valence-electron chi connectivity index (χ3n) is 6.79. The fraction of sp³-hybridized carbons (Fsp3) is 0.500. The molecule has 5 heteroatoms. The van der Waals surface area contributed by atoms with Crippen LogP contribution in [0.2, 0.25) is 0 Å². The van der Waals surface area contributed by atoms with E-state index in [-0.39, 0.29) is 18.0 Å². The molecule has 142 valence electrons. The average Bonchev–Trinajstić information content (AvgIpc) is 3.04. The van der Waals surface area contributed by atoms with Gasteiger partial charge in [0.15, 0.2) is 0 Å². The highest BCUT2D eigenvalue weighted by Gasteiger charge is 2.46. The Hall–Kier alpha value is -2.27. The number of nitrogens with zero attached hydrogens (tertiary/aromatic N) is 1. The minimum atomic E-state index is -0.256. The van der Waals surface area contributed by atoms with Crippen LogP contribution in [0.1, 0.15) is 36.2 Å². The average molecular weight is 366 g/mol. The Morgan fingerprint density at radius 1 is 1.37 bits per heavy atom. The second kappa shape index (κ2) is 6.13. The molecule has 5 rings (SSSR count). The minimum Gasteiger partial charge on any atom is -0.497 e. The lowest BCUT2D eigenvalue weighted by Crippen LogP contribution is -2.51. The van der Waals surface area contributed by atoms with Gasteiger partial charge in [-0.2, -0.15) is 0 Å². The molecule has 2 unspecified atom stereocenters. The molecular formula is C22H26N2O3. The van der Waals surface area contributed by atoms with Crippen LogP contribution in [0.3, 0.4) is 0 Å². The van der Waals surface area contributed by atoms with Gasteiger partial charge in [-0.25, -0.2) is 4.79 Å². The van der Waals surface area contributed by atoms with Crippen LogP contribution in [0.15, 0.2) is 30.0 Å². The van der Waals surface area contributed by atoms with Gasteiger partial charge in [0.2, 0.25) is 0 Å². The molecule has 27 heavy (non-hydrogen) atoms. The molecule has 1 N–H and O–H groups in total. The number of carbonyl (C=O) groups is 1. The lowest BCUT2D eigenvalue weighted by Gasteiger charge is -2.49. The van der Waals surface area contributed by atoms with Crippen molar-refractivity contribution in [2.45, 2.75) is 38.8 Å². The SMILES string of the molecule is COC(=O)C1=CO[C@@H](C)C2CN3CCc4c([nH]c5cc(C)ccc45)[C@H]3CC12. The van der Waals surface area contributed by atoms with Crippen molar-refractivity contribution in [3.05, 3.63) is 46.9 Å². The van der Waals surface area contributed by atoms with E-state index in [4.69, 9.17) is 9.47 Å². The highest BCUT2D eigenvalue weighted by Crippen LogP contribution is 2.47. The lowest BCUT2D eigenvalue weighted by molar-refractivity contribution is -0.139. The number of nitrogens with one attached hydrogen (secondary N) is 1. The molecule has 0 saturated carbocycles. The van der Waals surface area contributed by atoms with Crippen LogP contribution in [0.4, 0.5) is 0 Å². The number of aryl methyl sites for hydroxylation is 1. The van der Waals surface area contributed by atoms with Crippen molar-refractivity contribution < 1.29 is 14.3 Å². The molecule has 3 aliphatic rings. The van der Waals surface area contributed by atoms with E-state index >= 15 is 0 Å². The summed E-state index contributed by atoms with van der Waals surface area (Å²) in [6.07, 6.45) is 3.77. The summed E-state index contributed by atoms with van der Waals surface area (Å²) in [4.78, 5) is 18.6. The van der Waals surface area contributed by atoms with E-state index in [1.54, 1.807) is 6.26 Å². The van der Waals surface area contributed by atoms with Gasteiger partial charge in [-0.05, 0) is 43.9 Å². The molecule has 1 aromatic carbocycles. The predicted molar refractivity (Wildman–Crippen MR) is 103 cm³/mol. The molecule has 4 atom stereocenters. The van der Waals surface area contributed by atoms with Crippen molar-refractivity contribution in [3.8, 4) is 0 Å². The zero-order valence-electron chi connectivity index (χ0n) is 16.1. The largest absolute Gasteiger partial charge is 0.497 e. The third kappa shape index (κ3) is 2.52. The summed E-state index contributed by atoms with van der Waals surface area (Å²) in [5.74, 6) is 0.253. The smallest absolute Gasteiger partial charge is 0.337 e. The van der Waals surface area contributed by atoms with E-state index in [0.717, 1.165) is 25.9 Å². The fourth-order valence-corrected chi connectivity index (χ4v) is 5.36. The van der Waals surface area contributed by atoms with Crippen molar-refractivity contribution in [2.24, 2.45) is 11.8 Å². The normalized spacial score (nSPS) is 30.0. The van der Waals surface area contributed by atoms with E-state index in [0.29, 0.717) is 17.5 Å². The van der Waals surface area contributed by atoms with Crippen molar-refractivity contribution in [1.29, 1.82) is 0 Å². The number of hydrogen-bond donors (Lipinski definition) is 1. The summed E-state index contributed by atoms with van der Waals surface area (Å²) < 4.78 is 10.8. The maximum Gasteiger partial charge on any atom is 0.337 e. The number of hydrogen-bond acceptors (Lipinski definition) is 4. The number of carbonyl (C=O) groups excluding carboxylic acids is 1.